The Morgan fingerprint density at radius 3 is 2.83 bits per heavy atom. The summed E-state index contributed by atoms with van der Waals surface area (Å²) in [6.07, 6.45) is 1.52. The standard InChI is InChI=1S/C13H16N2O3/c1-7(16)15-12(13(14)18)11-4-2-8-6-9(17)3-5-10(8)11/h3,5-6,11-12,17H,2,4H2,1H3,(H2,14,18)(H,15,16)/t11-,12-/m0/s1. The Balaban J connectivity index is 2.30. The Morgan fingerprint density at radius 2 is 2.22 bits per heavy atom. The summed E-state index contributed by atoms with van der Waals surface area (Å²) in [6.45, 7) is 1.36. The minimum atomic E-state index is -0.687. The molecule has 0 spiro atoms. The highest BCUT2D eigenvalue weighted by Gasteiger charge is 2.33. The van der Waals surface area contributed by atoms with E-state index in [1.165, 1.54) is 6.92 Å². The van der Waals surface area contributed by atoms with E-state index >= 15 is 0 Å². The molecule has 2 atom stereocenters. The van der Waals surface area contributed by atoms with Crippen molar-refractivity contribution in [2.75, 3.05) is 0 Å². The van der Waals surface area contributed by atoms with Crippen LogP contribution in [0.5, 0.6) is 5.75 Å². The average Bonchev–Trinajstić information content (AvgIpc) is 2.67. The van der Waals surface area contributed by atoms with E-state index in [2.05, 4.69) is 5.32 Å². The fourth-order valence-corrected chi connectivity index (χ4v) is 2.57. The fraction of sp³-hybridized carbons (Fsp3) is 0.385. The van der Waals surface area contributed by atoms with Crippen LogP contribution in [0, 0.1) is 0 Å². The van der Waals surface area contributed by atoms with Gasteiger partial charge in [0.1, 0.15) is 11.8 Å². The maximum atomic E-state index is 11.5. The van der Waals surface area contributed by atoms with Crippen molar-refractivity contribution in [1.82, 2.24) is 5.32 Å². The second kappa shape index (κ2) is 4.68. The number of benzene rings is 1. The van der Waals surface area contributed by atoms with Gasteiger partial charge in [-0.3, -0.25) is 9.59 Å². The third kappa shape index (κ3) is 2.30. The van der Waals surface area contributed by atoms with Crippen molar-refractivity contribution >= 4 is 11.8 Å². The molecular formula is C13H16N2O3. The first-order valence-electron chi connectivity index (χ1n) is 5.87. The first-order chi connectivity index (χ1) is 8.49. The molecule has 2 amide bonds. The van der Waals surface area contributed by atoms with Gasteiger partial charge in [0.05, 0.1) is 0 Å². The normalized spacial score (nSPS) is 19.1. The Morgan fingerprint density at radius 1 is 1.50 bits per heavy atom. The van der Waals surface area contributed by atoms with Gasteiger partial charge < -0.3 is 16.2 Å². The molecule has 0 heterocycles. The molecule has 0 radical (unpaired) electrons. The highest BCUT2D eigenvalue weighted by Crippen LogP contribution is 2.37. The summed E-state index contributed by atoms with van der Waals surface area (Å²) in [5.41, 5.74) is 7.34. The summed E-state index contributed by atoms with van der Waals surface area (Å²) in [5.74, 6) is -0.700. The smallest absolute Gasteiger partial charge is 0.240 e. The van der Waals surface area contributed by atoms with E-state index in [4.69, 9.17) is 5.73 Å². The number of nitrogens with two attached hydrogens (primary N) is 1. The van der Waals surface area contributed by atoms with Crippen LogP contribution in [0.2, 0.25) is 0 Å². The third-order valence-electron chi connectivity index (χ3n) is 3.32. The van der Waals surface area contributed by atoms with Crippen LogP contribution in [0.4, 0.5) is 0 Å². The molecule has 0 fully saturated rings. The Bertz CT molecular complexity index is 499. The quantitative estimate of drug-likeness (QED) is 0.723. The molecule has 96 valence electrons. The summed E-state index contributed by atoms with van der Waals surface area (Å²) in [4.78, 5) is 22.6. The van der Waals surface area contributed by atoms with Crippen molar-refractivity contribution < 1.29 is 14.7 Å². The van der Waals surface area contributed by atoms with Crippen LogP contribution in [-0.4, -0.2) is 23.0 Å². The lowest BCUT2D eigenvalue weighted by molar-refractivity contribution is -0.126. The Labute approximate surface area is 105 Å². The highest BCUT2D eigenvalue weighted by atomic mass is 16.3. The van der Waals surface area contributed by atoms with E-state index in [1.54, 1.807) is 18.2 Å². The van der Waals surface area contributed by atoms with Gasteiger partial charge in [0.15, 0.2) is 0 Å². The van der Waals surface area contributed by atoms with Gasteiger partial charge in [0.25, 0.3) is 0 Å². The second-order valence-corrected chi connectivity index (χ2v) is 4.61. The van der Waals surface area contributed by atoms with Crippen LogP contribution in [0.1, 0.15) is 30.4 Å². The number of nitrogens with one attached hydrogen (secondary N) is 1. The number of fused-ring (bicyclic) bond motifs is 1. The number of phenols is 1. The zero-order chi connectivity index (χ0) is 13.3. The molecule has 1 aliphatic carbocycles. The maximum Gasteiger partial charge on any atom is 0.240 e. The molecule has 0 aromatic heterocycles. The van der Waals surface area contributed by atoms with Gasteiger partial charge in [0, 0.05) is 12.8 Å². The predicted octanol–water partition coefficient (Wildman–Crippen LogP) is 0.412. The number of phenolic OH excluding ortho intramolecular Hbond substituents is 1. The molecule has 0 aliphatic heterocycles. The number of primary amides is 1. The van der Waals surface area contributed by atoms with Crippen LogP contribution in [0.25, 0.3) is 0 Å². The van der Waals surface area contributed by atoms with Crippen LogP contribution >= 0.6 is 0 Å². The van der Waals surface area contributed by atoms with Gasteiger partial charge in [0.2, 0.25) is 11.8 Å². The van der Waals surface area contributed by atoms with Crippen molar-refractivity contribution in [2.24, 2.45) is 5.73 Å². The number of hydrogen-bond donors (Lipinski definition) is 3. The lowest BCUT2D eigenvalue weighted by Crippen LogP contribution is -2.47. The monoisotopic (exact) mass is 248 g/mol. The van der Waals surface area contributed by atoms with E-state index in [0.29, 0.717) is 0 Å². The third-order valence-corrected chi connectivity index (χ3v) is 3.32. The van der Waals surface area contributed by atoms with Crippen LogP contribution in [0.3, 0.4) is 0 Å². The van der Waals surface area contributed by atoms with Gasteiger partial charge in [-0.05, 0) is 36.1 Å². The van der Waals surface area contributed by atoms with E-state index in [9.17, 15) is 14.7 Å². The van der Waals surface area contributed by atoms with E-state index in [-0.39, 0.29) is 17.6 Å². The maximum absolute atomic E-state index is 11.5. The molecule has 0 bridgehead atoms. The van der Waals surface area contributed by atoms with Gasteiger partial charge in [-0.1, -0.05) is 6.07 Å². The Kier molecular flexibility index (Phi) is 3.23. The SMILES string of the molecule is CC(=O)N[C@H](C(N)=O)[C@H]1CCc2cc(O)ccc21. The summed E-state index contributed by atoms with van der Waals surface area (Å²) in [5, 5.41) is 12.0. The number of carbonyl (C=O) groups excluding carboxylic acids is 2. The summed E-state index contributed by atoms with van der Waals surface area (Å²) in [6, 6.07) is 4.39. The molecule has 0 unspecified atom stereocenters. The van der Waals surface area contributed by atoms with Crippen molar-refractivity contribution in [3.8, 4) is 5.75 Å². The zero-order valence-corrected chi connectivity index (χ0v) is 10.1. The zero-order valence-electron chi connectivity index (χ0n) is 10.1. The predicted molar refractivity (Wildman–Crippen MR) is 66.0 cm³/mol. The molecule has 5 heteroatoms. The van der Waals surface area contributed by atoms with Gasteiger partial charge in [-0.2, -0.15) is 0 Å². The molecule has 5 nitrogen and oxygen atoms in total. The number of aromatic hydroxyl groups is 1. The number of aryl methyl sites for hydroxylation is 1. The number of carbonyl (C=O) groups is 2. The van der Waals surface area contributed by atoms with E-state index in [1.807, 2.05) is 0 Å². The summed E-state index contributed by atoms with van der Waals surface area (Å²) >= 11 is 0. The molecule has 2 rings (SSSR count). The lowest BCUT2D eigenvalue weighted by Gasteiger charge is -2.22. The van der Waals surface area contributed by atoms with Crippen LogP contribution < -0.4 is 11.1 Å². The average molecular weight is 248 g/mol. The number of hydrogen-bond acceptors (Lipinski definition) is 3. The molecule has 1 aromatic rings. The molecule has 18 heavy (non-hydrogen) atoms. The van der Waals surface area contributed by atoms with Crippen molar-refractivity contribution in [3.63, 3.8) is 0 Å². The van der Waals surface area contributed by atoms with E-state index in [0.717, 1.165) is 24.0 Å². The number of amides is 2. The van der Waals surface area contributed by atoms with Crippen molar-refractivity contribution in [1.29, 1.82) is 0 Å². The van der Waals surface area contributed by atoms with Crippen LogP contribution in [-0.2, 0) is 16.0 Å². The van der Waals surface area contributed by atoms with Gasteiger partial charge in [-0.25, -0.2) is 0 Å². The minimum Gasteiger partial charge on any atom is -0.508 e. The van der Waals surface area contributed by atoms with Crippen LogP contribution in [0.15, 0.2) is 18.2 Å². The largest absolute Gasteiger partial charge is 0.508 e. The highest BCUT2D eigenvalue weighted by molar-refractivity contribution is 5.86. The fourth-order valence-electron chi connectivity index (χ4n) is 2.57. The van der Waals surface area contributed by atoms with Gasteiger partial charge >= 0.3 is 0 Å². The number of rotatable bonds is 3. The summed E-state index contributed by atoms with van der Waals surface area (Å²) < 4.78 is 0. The topological polar surface area (TPSA) is 92.4 Å². The molecule has 4 N–H and O–H groups in total. The first-order valence-corrected chi connectivity index (χ1v) is 5.87. The van der Waals surface area contributed by atoms with Gasteiger partial charge in [-0.15, -0.1) is 0 Å². The molecular weight excluding hydrogens is 232 g/mol. The Hall–Kier alpha value is -2.04. The summed E-state index contributed by atoms with van der Waals surface area (Å²) in [7, 11) is 0. The molecule has 0 saturated carbocycles. The molecule has 1 aromatic carbocycles. The van der Waals surface area contributed by atoms with Crippen molar-refractivity contribution in [3.05, 3.63) is 29.3 Å². The molecule has 1 aliphatic rings. The minimum absolute atomic E-state index is 0.109. The van der Waals surface area contributed by atoms with E-state index < -0.39 is 11.9 Å². The lowest BCUT2D eigenvalue weighted by atomic mass is 9.92. The molecule has 0 saturated heterocycles. The van der Waals surface area contributed by atoms with Crippen molar-refractivity contribution in [2.45, 2.75) is 31.7 Å². The first kappa shape index (κ1) is 12.4. The second-order valence-electron chi connectivity index (χ2n) is 4.61.